The van der Waals surface area contributed by atoms with Crippen LogP contribution >= 0.6 is 0 Å². The molecule has 0 aliphatic rings. The second kappa shape index (κ2) is 5.76. The van der Waals surface area contributed by atoms with Gasteiger partial charge in [-0.2, -0.15) is 0 Å². The number of nitrogens with zero attached hydrogens (tertiary/aromatic N) is 1. The quantitative estimate of drug-likeness (QED) is 0.598. The molecule has 0 fully saturated rings. The molecule has 12 heavy (non-hydrogen) atoms. The van der Waals surface area contributed by atoms with Crippen LogP contribution in [-0.2, 0) is 0 Å². The Morgan fingerprint density at radius 1 is 1.17 bits per heavy atom. The lowest BCUT2D eigenvalue weighted by Gasteiger charge is -2.28. The first-order chi connectivity index (χ1) is 5.49. The van der Waals surface area contributed by atoms with Crippen molar-refractivity contribution < 1.29 is 0 Å². The molecule has 0 heterocycles. The minimum atomic E-state index is -0.0234. The molecule has 0 amide bonds. The summed E-state index contributed by atoms with van der Waals surface area (Å²) in [6, 6.07) is 0. The zero-order valence-electron chi connectivity index (χ0n) is 9.48. The van der Waals surface area contributed by atoms with Gasteiger partial charge in [0.15, 0.2) is 0 Å². The van der Waals surface area contributed by atoms with E-state index in [4.69, 9.17) is 0 Å². The van der Waals surface area contributed by atoms with E-state index in [-0.39, 0.29) is 9.68 Å². The van der Waals surface area contributed by atoms with Gasteiger partial charge in [0.05, 0.1) is 0 Å². The normalized spacial score (nSPS) is 13.5. The van der Waals surface area contributed by atoms with Crippen LogP contribution in [0.25, 0.3) is 0 Å². The lowest BCUT2D eigenvalue weighted by Crippen LogP contribution is -2.33. The summed E-state index contributed by atoms with van der Waals surface area (Å²) in [5.74, 6) is 0. The summed E-state index contributed by atoms with van der Waals surface area (Å²) in [5.41, 5.74) is 0. The van der Waals surface area contributed by atoms with Gasteiger partial charge in [-0.05, 0) is 24.5 Å². The summed E-state index contributed by atoms with van der Waals surface area (Å²) in [5, 5.41) is 0.587. The molecule has 0 spiro atoms. The number of rotatable bonds is 5. The summed E-state index contributed by atoms with van der Waals surface area (Å²) in [7, 11) is -0.0234. The topological polar surface area (TPSA) is 3.24 Å². The minimum absolute atomic E-state index is 0.0234. The van der Waals surface area contributed by atoms with E-state index in [0.717, 1.165) is 0 Å². The fourth-order valence-corrected chi connectivity index (χ4v) is 3.35. The highest BCUT2D eigenvalue weighted by atomic mass is 28.2. The first-order valence-electron chi connectivity index (χ1n) is 5.22. The van der Waals surface area contributed by atoms with Crippen LogP contribution in [0.15, 0.2) is 0 Å². The van der Waals surface area contributed by atoms with E-state index in [2.05, 4.69) is 39.2 Å². The third-order valence-corrected chi connectivity index (χ3v) is 4.13. The molecule has 0 aromatic heterocycles. The summed E-state index contributed by atoms with van der Waals surface area (Å²) in [6.07, 6.45) is 2.70. The van der Waals surface area contributed by atoms with Crippen molar-refractivity contribution >= 4 is 9.68 Å². The second-order valence-corrected chi connectivity index (χ2v) is 8.11. The molecule has 0 saturated heterocycles. The highest BCUT2D eigenvalue weighted by molar-refractivity contribution is 6.36. The Labute approximate surface area is 80.4 Å². The van der Waals surface area contributed by atoms with Crippen LogP contribution in [0.3, 0.4) is 0 Å². The molecule has 0 rings (SSSR count). The van der Waals surface area contributed by atoms with Crippen molar-refractivity contribution in [2.75, 3.05) is 13.1 Å². The first-order valence-corrected chi connectivity index (χ1v) is 6.56. The molecule has 0 unspecified atom stereocenters. The molecule has 0 aromatic carbocycles. The van der Waals surface area contributed by atoms with E-state index >= 15 is 0 Å². The van der Waals surface area contributed by atoms with Gasteiger partial charge in [0, 0.05) is 0 Å². The van der Waals surface area contributed by atoms with E-state index in [0.29, 0.717) is 5.04 Å². The van der Waals surface area contributed by atoms with Crippen molar-refractivity contribution in [1.29, 1.82) is 0 Å². The van der Waals surface area contributed by atoms with Crippen molar-refractivity contribution in [3.8, 4) is 0 Å². The predicted molar refractivity (Wildman–Crippen MR) is 60.4 cm³/mol. The van der Waals surface area contributed by atoms with E-state index in [1.54, 1.807) is 0 Å². The zero-order valence-corrected chi connectivity index (χ0v) is 10.9. The molecule has 2 heteroatoms. The molecule has 0 aliphatic heterocycles. The lowest BCUT2D eigenvalue weighted by atomic mass is 10.3. The summed E-state index contributed by atoms with van der Waals surface area (Å²) in [4.78, 5) is 0. The third kappa shape index (κ3) is 6.86. The SMILES string of the molecule is CCCCN(CC)[SiH2]C(C)(C)C. The van der Waals surface area contributed by atoms with Gasteiger partial charge in [-0.1, -0.05) is 41.0 Å². The summed E-state index contributed by atoms with van der Waals surface area (Å²) >= 11 is 0. The fraction of sp³-hybridized carbons (Fsp3) is 1.00. The summed E-state index contributed by atoms with van der Waals surface area (Å²) in [6.45, 7) is 14.2. The Balaban J connectivity index is 3.67. The monoisotopic (exact) mass is 187 g/mol. The highest BCUT2D eigenvalue weighted by Crippen LogP contribution is 2.21. The van der Waals surface area contributed by atoms with Crippen LogP contribution in [0.5, 0.6) is 0 Å². The van der Waals surface area contributed by atoms with Gasteiger partial charge in [-0.15, -0.1) is 0 Å². The molecule has 0 aromatic rings. The molecule has 1 nitrogen and oxygen atoms in total. The molecule has 0 N–H and O–H groups in total. The van der Waals surface area contributed by atoms with Gasteiger partial charge in [0.25, 0.3) is 0 Å². The molecular formula is C10H25NSi. The molecule has 0 bridgehead atoms. The minimum Gasteiger partial charge on any atom is -0.329 e. The Morgan fingerprint density at radius 2 is 1.75 bits per heavy atom. The average Bonchev–Trinajstić information content (AvgIpc) is 1.95. The van der Waals surface area contributed by atoms with Crippen molar-refractivity contribution in [1.82, 2.24) is 4.57 Å². The van der Waals surface area contributed by atoms with Crippen LogP contribution in [-0.4, -0.2) is 27.3 Å². The Kier molecular flexibility index (Phi) is 5.84. The third-order valence-electron chi connectivity index (χ3n) is 1.97. The number of unbranched alkanes of at least 4 members (excludes halogenated alkanes) is 1. The van der Waals surface area contributed by atoms with Crippen LogP contribution < -0.4 is 0 Å². The molecule has 0 aliphatic carbocycles. The van der Waals surface area contributed by atoms with E-state index in [1.807, 2.05) is 0 Å². The van der Waals surface area contributed by atoms with E-state index in [1.165, 1.54) is 25.9 Å². The predicted octanol–water partition coefficient (Wildman–Crippen LogP) is 2.41. The maximum absolute atomic E-state index is 2.68. The van der Waals surface area contributed by atoms with E-state index < -0.39 is 0 Å². The van der Waals surface area contributed by atoms with Crippen molar-refractivity contribution in [2.45, 2.75) is 52.5 Å². The maximum atomic E-state index is 2.68. The Hall–Kier alpha value is 0.177. The number of hydrogen-bond donors (Lipinski definition) is 0. The van der Waals surface area contributed by atoms with Crippen molar-refractivity contribution in [3.05, 3.63) is 0 Å². The first kappa shape index (κ1) is 12.2. The molecule has 0 atom stereocenters. The van der Waals surface area contributed by atoms with E-state index in [9.17, 15) is 0 Å². The van der Waals surface area contributed by atoms with Crippen LogP contribution in [0, 0.1) is 0 Å². The second-order valence-electron chi connectivity index (χ2n) is 4.78. The highest BCUT2D eigenvalue weighted by Gasteiger charge is 2.15. The maximum Gasteiger partial charge on any atom is 0.100 e. The van der Waals surface area contributed by atoms with Crippen LogP contribution in [0.4, 0.5) is 0 Å². The van der Waals surface area contributed by atoms with Gasteiger partial charge in [-0.3, -0.25) is 0 Å². The van der Waals surface area contributed by atoms with Gasteiger partial charge in [-0.25, -0.2) is 0 Å². The van der Waals surface area contributed by atoms with Crippen molar-refractivity contribution in [2.24, 2.45) is 0 Å². The fourth-order valence-electron chi connectivity index (χ4n) is 1.40. The average molecular weight is 187 g/mol. The molecule has 0 radical (unpaired) electrons. The zero-order chi connectivity index (χ0) is 9.61. The smallest absolute Gasteiger partial charge is 0.100 e. The van der Waals surface area contributed by atoms with Gasteiger partial charge in [0.2, 0.25) is 0 Å². The van der Waals surface area contributed by atoms with Crippen LogP contribution in [0.2, 0.25) is 5.04 Å². The lowest BCUT2D eigenvalue weighted by molar-refractivity contribution is 0.435. The summed E-state index contributed by atoms with van der Waals surface area (Å²) < 4.78 is 2.68. The Bertz CT molecular complexity index is 107. The molecule has 0 saturated carbocycles. The largest absolute Gasteiger partial charge is 0.329 e. The van der Waals surface area contributed by atoms with Crippen LogP contribution in [0.1, 0.15) is 47.5 Å². The number of hydrogen-bond acceptors (Lipinski definition) is 1. The standard InChI is InChI=1S/C10H25NSi/c1-6-8-9-11(7-2)12-10(3,4)5/h6-9,12H2,1-5H3. The van der Waals surface area contributed by atoms with Gasteiger partial charge >= 0.3 is 0 Å². The van der Waals surface area contributed by atoms with Crippen molar-refractivity contribution in [3.63, 3.8) is 0 Å². The molecule has 74 valence electrons. The Morgan fingerprint density at radius 3 is 2.08 bits per heavy atom. The van der Waals surface area contributed by atoms with Gasteiger partial charge < -0.3 is 4.57 Å². The molecular weight excluding hydrogens is 162 g/mol. The van der Waals surface area contributed by atoms with Gasteiger partial charge in [0.1, 0.15) is 9.68 Å².